The number of nitrogens with one attached hydrogen (secondary N) is 4. The monoisotopic (exact) mass is 1040 g/mol. The second-order valence-electron chi connectivity index (χ2n) is 19.7. The van der Waals surface area contributed by atoms with E-state index in [4.69, 9.17) is 4.74 Å². The van der Waals surface area contributed by atoms with Gasteiger partial charge in [0.25, 0.3) is 5.91 Å². The standard InChI is InChI=1S/C61H66N6O8S/c1-44(2)40-53(64-60(72)75-43-46-22-10-4-11-23-46)59(71)63-54(41-45-20-8-3-9-21-45)58(70)62-51(32-35-57(69)67-39-36-47-30-33-52(42-55(47)67)76(73,74)66-37-18-19-38-66)31-34-56(68)65-61(48-24-12-5-13-25-48,49-26-14-6-15-27-49)50-28-16-7-17-29-50/h3-17,20-30,32-33,35,42,44,51,53-54H,18-19,31,34,36-41,43H2,1-2H3,(H,62,70)(H,63,71)(H,64,72)(H,65,68)/b35-32+/t51-,53-,54-/m0/s1. The number of rotatable bonds is 22. The lowest BCUT2D eigenvalue weighted by Crippen LogP contribution is -2.56. The van der Waals surface area contributed by atoms with E-state index in [0.717, 1.165) is 46.2 Å². The summed E-state index contributed by atoms with van der Waals surface area (Å²) in [5.41, 5.74) is 4.21. The molecule has 0 unspecified atom stereocenters. The normalized spacial score (nSPS) is 14.9. The Kier molecular flexibility index (Phi) is 18.3. The predicted octanol–water partition coefficient (Wildman–Crippen LogP) is 8.36. The molecule has 1 fully saturated rings. The molecule has 0 aliphatic carbocycles. The van der Waals surface area contributed by atoms with E-state index in [2.05, 4.69) is 21.3 Å². The predicted molar refractivity (Wildman–Crippen MR) is 293 cm³/mol. The number of sulfonamides is 1. The molecule has 8 rings (SSSR count). The van der Waals surface area contributed by atoms with Gasteiger partial charge in [0.05, 0.1) is 4.90 Å². The third-order valence-corrected chi connectivity index (χ3v) is 15.7. The van der Waals surface area contributed by atoms with Gasteiger partial charge in [0.15, 0.2) is 0 Å². The summed E-state index contributed by atoms with van der Waals surface area (Å²) < 4.78 is 34.2. The quantitative estimate of drug-likeness (QED) is 0.0386. The number of hydrogen-bond acceptors (Lipinski definition) is 8. The number of carbonyl (C=O) groups is 5. The third-order valence-electron chi connectivity index (χ3n) is 13.8. The first kappa shape index (κ1) is 54.4. The largest absolute Gasteiger partial charge is 0.445 e. The van der Waals surface area contributed by atoms with Crippen molar-refractivity contribution in [3.05, 3.63) is 215 Å². The van der Waals surface area contributed by atoms with Crippen LogP contribution in [0.4, 0.5) is 10.5 Å². The van der Waals surface area contributed by atoms with Crippen LogP contribution >= 0.6 is 0 Å². The summed E-state index contributed by atoms with van der Waals surface area (Å²) in [5, 5.41) is 12.1. The summed E-state index contributed by atoms with van der Waals surface area (Å²) in [6, 6.07) is 49.2. The van der Waals surface area contributed by atoms with Gasteiger partial charge in [-0.15, -0.1) is 0 Å². The van der Waals surface area contributed by atoms with Crippen LogP contribution in [0.25, 0.3) is 0 Å². The van der Waals surface area contributed by atoms with E-state index < -0.39 is 57.5 Å². The highest BCUT2D eigenvalue weighted by Crippen LogP contribution is 2.37. The number of hydrogen-bond donors (Lipinski definition) is 4. The molecule has 14 nitrogen and oxygen atoms in total. The SMILES string of the molecule is CC(C)C[C@H](NC(=O)OCc1ccccc1)C(=O)N[C@@H](Cc1ccccc1)C(=O)N[C@H](/C=C/C(=O)N1CCc2ccc(S(=O)(=O)N3CCCC3)cc21)CCC(=O)NC(c1ccccc1)(c1ccccc1)c1ccccc1. The van der Waals surface area contributed by atoms with Gasteiger partial charge in [-0.2, -0.15) is 4.31 Å². The van der Waals surface area contributed by atoms with E-state index >= 15 is 0 Å². The summed E-state index contributed by atoms with van der Waals surface area (Å²) >= 11 is 0. The van der Waals surface area contributed by atoms with Gasteiger partial charge < -0.3 is 30.9 Å². The zero-order valence-electron chi connectivity index (χ0n) is 43.0. The molecule has 0 radical (unpaired) electrons. The van der Waals surface area contributed by atoms with Crippen molar-refractivity contribution >= 4 is 45.4 Å². The van der Waals surface area contributed by atoms with Gasteiger partial charge in [0.1, 0.15) is 24.2 Å². The van der Waals surface area contributed by atoms with Crippen LogP contribution in [0, 0.1) is 5.92 Å². The molecule has 1 saturated heterocycles. The van der Waals surface area contributed by atoms with Crippen LogP contribution in [0.1, 0.15) is 79.3 Å². The second-order valence-corrected chi connectivity index (χ2v) is 21.6. The Morgan fingerprint density at radius 3 is 1.75 bits per heavy atom. The first-order chi connectivity index (χ1) is 36.8. The first-order valence-electron chi connectivity index (χ1n) is 26.0. The molecule has 2 heterocycles. The van der Waals surface area contributed by atoms with Crippen molar-refractivity contribution in [3.8, 4) is 0 Å². The van der Waals surface area contributed by atoms with Crippen molar-refractivity contribution in [3.63, 3.8) is 0 Å². The summed E-state index contributed by atoms with van der Waals surface area (Å²) in [4.78, 5) is 72.9. The second kappa shape index (κ2) is 25.6. The van der Waals surface area contributed by atoms with Crippen LogP contribution < -0.4 is 26.2 Å². The van der Waals surface area contributed by atoms with Crippen molar-refractivity contribution in [1.29, 1.82) is 0 Å². The van der Waals surface area contributed by atoms with E-state index in [0.29, 0.717) is 31.7 Å². The molecule has 6 aromatic carbocycles. The summed E-state index contributed by atoms with van der Waals surface area (Å²) in [6.07, 6.45) is 4.43. The fourth-order valence-electron chi connectivity index (χ4n) is 9.89. The molecule has 4 N–H and O–H groups in total. The maximum Gasteiger partial charge on any atom is 0.408 e. The molecule has 0 bridgehead atoms. The number of fused-ring (bicyclic) bond motifs is 1. The minimum Gasteiger partial charge on any atom is -0.445 e. The average molecular weight is 1040 g/mol. The molecular formula is C61H66N6O8S. The zero-order valence-corrected chi connectivity index (χ0v) is 43.8. The molecule has 0 aromatic heterocycles. The number of amides is 5. The Morgan fingerprint density at radius 1 is 0.645 bits per heavy atom. The molecule has 3 atom stereocenters. The maximum atomic E-state index is 14.8. The van der Waals surface area contributed by atoms with Crippen molar-refractivity contribution in [2.45, 2.75) is 94.0 Å². The zero-order chi connectivity index (χ0) is 53.5. The number of benzene rings is 6. The average Bonchev–Trinajstić information content (AvgIpc) is 4.18. The fourth-order valence-corrected chi connectivity index (χ4v) is 11.4. The van der Waals surface area contributed by atoms with Crippen molar-refractivity contribution in [2.75, 3.05) is 24.5 Å². The Labute approximate surface area is 446 Å². The molecular weight excluding hydrogens is 977 g/mol. The van der Waals surface area contributed by atoms with Crippen molar-refractivity contribution in [2.24, 2.45) is 5.92 Å². The van der Waals surface area contributed by atoms with Gasteiger partial charge in [0.2, 0.25) is 27.7 Å². The van der Waals surface area contributed by atoms with Gasteiger partial charge in [0, 0.05) is 50.3 Å². The van der Waals surface area contributed by atoms with E-state index in [-0.39, 0.29) is 49.0 Å². The van der Waals surface area contributed by atoms with Crippen LogP contribution in [0.5, 0.6) is 0 Å². The highest BCUT2D eigenvalue weighted by atomic mass is 32.2. The molecule has 394 valence electrons. The lowest BCUT2D eigenvalue weighted by molar-refractivity contribution is -0.130. The van der Waals surface area contributed by atoms with Crippen LogP contribution in [-0.2, 0) is 58.9 Å². The Morgan fingerprint density at radius 2 is 1.18 bits per heavy atom. The number of alkyl carbamates (subject to hydrolysis) is 1. The minimum absolute atomic E-state index is 0.00509. The summed E-state index contributed by atoms with van der Waals surface area (Å²) in [7, 11) is -3.77. The summed E-state index contributed by atoms with van der Waals surface area (Å²) in [5.74, 6) is -2.00. The van der Waals surface area contributed by atoms with Gasteiger partial charge in [-0.05, 0) is 83.5 Å². The van der Waals surface area contributed by atoms with Gasteiger partial charge in [-0.1, -0.05) is 178 Å². The van der Waals surface area contributed by atoms with Gasteiger partial charge >= 0.3 is 6.09 Å². The Hall–Kier alpha value is -7.88. The lowest BCUT2D eigenvalue weighted by Gasteiger charge is -2.37. The Bertz CT molecular complexity index is 2970. The number of carbonyl (C=O) groups excluding carboxylic acids is 5. The van der Waals surface area contributed by atoms with Gasteiger partial charge in [-0.25, -0.2) is 13.2 Å². The molecule has 15 heteroatoms. The number of anilines is 1. The fraction of sp³-hybridized carbons (Fsp3) is 0.295. The van der Waals surface area contributed by atoms with Gasteiger partial charge in [-0.3, -0.25) is 19.2 Å². The van der Waals surface area contributed by atoms with E-state index in [1.807, 2.05) is 166 Å². The maximum absolute atomic E-state index is 14.8. The topological polar surface area (TPSA) is 183 Å². The van der Waals surface area contributed by atoms with Crippen LogP contribution in [0.15, 0.2) is 187 Å². The summed E-state index contributed by atoms with van der Waals surface area (Å²) in [6.45, 7) is 5.02. The molecule has 5 amide bonds. The van der Waals surface area contributed by atoms with E-state index in [9.17, 15) is 32.4 Å². The Balaban J connectivity index is 1.07. The molecule has 76 heavy (non-hydrogen) atoms. The minimum atomic E-state index is -3.77. The lowest BCUT2D eigenvalue weighted by atomic mass is 9.77. The van der Waals surface area contributed by atoms with Crippen LogP contribution in [0.2, 0.25) is 0 Å². The number of nitrogens with zero attached hydrogens (tertiary/aromatic N) is 2. The van der Waals surface area contributed by atoms with E-state index in [1.165, 1.54) is 15.3 Å². The molecule has 6 aromatic rings. The molecule has 2 aliphatic rings. The molecule has 0 saturated carbocycles. The highest BCUT2D eigenvalue weighted by Gasteiger charge is 2.38. The van der Waals surface area contributed by atoms with E-state index in [1.54, 1.807) is 24.3 Å². The van der Waals surface area contributed by atoms with Crippen molar-refractivity contribution in [1.82, 2.24) is 25.6 Å². The van der Waals surface area contributed by atoms with Crippen LogP contribution in [0.3, 0.4) is 0 Å². The number of ether oxygens (including phenoxy) is 1. The molecule has 2 aliphatic heterocycles. The first-order valence-corrected chi connectivity index (χ1v) is 27.5. The van der Waals surface area contributed by atoms with Crippen molar-refractivity contribution < 1.29 is 37.1 Å². The van der Waals surface area contributed by atoms with Crippen LogP contribution in [-0.4, -0.2) is 80.2 Å². The smallest absolute Gasteiger partial charge is 0.408 e. The molecule has 0 spiro atoms. The third kappa shape index (κ3) is 13.7. The highest BCUT2D eigenvalue weighted by molar-refractivity contribution is 7.89.